The first-order valence-corrected chi connectivity index (χ1v) is 4.78. The van der Waals surface area contributed by atoms with Crippen molar-refractivity contribution in [3.8, 4) is 0 Å². The molecule has 0 saturated heterocycles. The average molecular weight is 222 g/mol. The first-order valence-electron chi connectivity index (χ1n) is 4.78. The number of hydrogen-bond donors (Lipinski definition) is 0. The number of carbonyl (C=O) groups excluding carboxylic acids is 2. The van der Waals surface area contributed by atoms with E-state index in [4.69, 9.17) is 0 Å². The summed E-state index contributed by atoms with van der Waals surface area (Å²) in [4.78, 5) is 28.0. The second kappa shape index (κ2) is 5.25. The summed E-state index contributed by atoms with van der Waals surface area (Å²) in [5.41, 5.74) is 1.36. The molecule has 0 unspecified atom stereocenters. The van der Waals surface area contributed by atoms with Crippen molar-refractivity contribution in [2.45, 2.75) is 6.92 Å². The summed E-state index contributed by atoms with van der Waals surface area (Å²) < 4.78 is 4.48. The molecule has 0 saturated carbocycles. The fourth-order valence-electron chi connectivity index (χ4n) is 1.22. The van der Waals surface area contributed by atoms with Crippen molar-refractivity contribution in [3.63, 3.8) is 0 Å². The molecule has 0 aliphatic rings. The molecule has 16 heavy (non-hydrogen) atoms. The van der Waals surface area contributed by atoms with Gasteiger partial charge in [0.05, 0.1) is 12.7 Å². The molecule has 0 atom stereocenters. The van der Waals surface area contributed by atoms with Crippen LogP contribution in [0, 0.1) is 6.92 Å². The molecule has 0 aromatic carbocycles. The molecule has 5 heteroatoms. The zero-order valence-corrected chi connectivity index (χ0v) is 9.56. The lowest BCUT2D eigenvalue weighted by Gasteiger charge is -2.15. The number of amides is 1. The Hall–Kier alpha value is -1.91. The molecule has 86 valence electrons. The zero-order valence-electron chi connectivity index (χ0n) is 9.56. The Morgan fingerprint density at radius 1 is 1.44 bits per heavy atom. The smallest absolute Gasteiger partial charge is 0.325 e. The van der Waals surface area contributed by atoms with Gasteiger partial charge in [-0.3, -0.25) is 14.6 Å². The summed E-state index contributed by atoms with van der Waals surface area (Å²) in [6.07, 6.45) is 3.14. The first kappa shape index (κ1) is 12.2. The van der Waals surface area contributed by atoms with Gasteiger partial charge in [-0.2, -0.15) is 0 Å². The second-order valence-corrected chi connectivity index (χ2v) is 3.49. The largest absolute Gasteiger partial charge is 0.468 e. The van der Waals surface area contributed by atoms with Gasteiger partial charge in [-0.05, 0) is 18.6 Å². The summed E-state index contributed by atoms with van der Waals surface area (Å²) in [5, 5.41) is 0. The third-order valence-electron chi connectivity index (χ3n) is 2.06. The summed E-state index contributed by atoms with van der Waals surface area (Å²) in [6.45, 7) is 1.79. The molecule has 0 N–H and O–H groups in total. The van der Waals surface area contributed by atoms with Gasteiger partial charge in [-0.15, -0.1) is 0 Å². The third-order valence-corrected chi connectivity index (χ3v) is 2.06. The van der Waals surface area contributed by atoms with Gasteiger partial charge in [0.2, 0.25) is 0 Å². The highest BCUT2D eigenvalue weighted by Gasteiger charge is 2.15. The molecule has 5 nitrogen and oxygen atoms in total. The molecule has 1 heterocycles. The minimum Gasteiger partial charge on any atom is -0.468 e. The lowest BCUT2D eigenvalue weighted by molar-refractivity contribution is -0.141. The highest BCUT2D eigenvalue weighted by molar-refractivity contribution is 5.95. The Bertz CT molecular complexity index is 404. The molecular weight excluding hydrogens is 208 g/mol. The number of hydrogen-bond acceptors (Lipinski definition) is 4. The van der Waals surface area contributed by atoms with Gasteiger partial charge in [0, 0.05) is 19.4 Å². The van der Waals surface area contributed by atoms with Gasteiger partial charge in [0.25, 0.3) is 5.91 Å². The van der Waals surface area contributed by atoms with E-state index in [9.17, 15) is 9.59 Å². The number of esters is 1. The van der Waals surface area contributed by atoms with Crippen molar-refractivity contribution < 1.29 is 14.3 Å². The number of carbonyl (C=O) groups is 2. The Morgan fingerprint density at radius 3 is 2.69 bits per heavy atom. The van der Waals surface area contributed by atoms with Crippen LogP contribution in [0.1, 0.15) is 15.9 Å². The van der Waals surface area contributed by atoms with E-state index in [2.05, 4.69) is 9.72 Å². The minimum atomic E-state index is -0.448. The van der Waals surface area contributed by atoms with E-state index in [1.165, 1.54) is 18.2 Å². The van der Waals surface area contributed by atoms with Gasteiger partial charge in [-0.25, -0.2) is 0 Å². The number of aryl methyl sites for hydroxylation is 1. The number of methoxy groups -OCH3 is 1. The zero-order chi connectivity index (χ0) is 12.1. The van der Waals surface area contributed by atoms with E-state index in [1.807, 2.05) is 6.92 Å². The summed E-state index contributed by atoms with van der Waals surface area (Å²) >= 11 is 0. The van der Waals surface area contributed by atoms with Crippen LogP contribution in [0.15, 0.2) is 18.5 Å². The maximum atomic E-state index is 11.8. The SMILES string of the molecule is COC(=O)CN(C)C(=O)c1cncc(C)c1. The third kappa shape index (κ3) is 3.05. The van der Waals surface area contributed by atoms with Crippen LogP contribution in [0.3, 0.4) is 0 Å². The predicted molar refractivity (Wildman–Crippen MR) is 58.0 cm³/mol. The van der Waals surface area contributed by atoms with Crippen LogP contribution in [0.5, 0.6) is 0 Å². The van der Waals surface area contributed by atoms with Gasteiger partial charge in [-0.1, -0.05) is 0 Å². The molecule has 0 fully saturated rings. The van der Waals surface area contributed by atoms with E-state index in [0.29, 0.717) is 5.56 Å². The summed E-state index contributed by atoms with van der Waals surface area (Å²) in [5.74, 6) is -0.696. The molecule has 0 aliphatic carbocycles. The van der Waals surface area contributed by atoms with Crippen molar-refractivity contribution in [1.82, 2.24) is 9.88 Å². The van der Waals surface area contributed by atoms with E-state index in [1.54, 1.807) is 19.3 Å². The maximum absolute atomic E-state index is 11.8. The summed E-state index contributed by atoms with van der Waals surface area (Å²) in [7, 11) is 2.83. The molecular formula is C11H14N2O3. The highest BCUT2D eigenvalue weighted by atomic mass is 16.5. The van der Waals surface area contributed by atoms with Crippen LogP contribution in [0.2, 0.25) is 0 Å². The Kier molecular flexibility index (Phi) is 3.99. The Morgan fingerprint density at radius 2 is 2.12 bits per heavy atom. The van der Waals surface area contributed by atoms with Crippen LogP contribution >= 0.6 is 0 Å². The van der Waals surface area contributed by atoms with Gasteiger partial charge in [0.15, 0.2) is 0 Å². The number of aromatic nitrogens is 1. The standard InChI is InChI=1S/C11H14N2O3/c1-8-4-9(6-12-5-8)11(15)13(2)7-10(14)16-3/h4-6H,7H2,1-3H3. The lowest BCUT2D eigenvalue weighted by Crippen LogP contribution is -2.32. The van der Waals surface area contributed by atoms with Crippen LogP contribution in [-0.2, 0) is 9.53 Å². The Balaban J connectivity index is 2.74. The normalized spacial score (nSPS) is 9.69. The quantitative estimate of drug-likeness (QED) is 0.704. The van der Waals surface area contributed by atoms with Crippen LogP contribution in [0.4, 0.5) is 0 Å². The summed E-state index contributed by atoms with van der Waals surface area (Å²) in [6, 6.07) is 1.73. The number of rotatable bonds is 3. The van der Waals surface area contributed by atoms with Crippen molar-refractivity contribution >= 4 is 11.9 Å². The lowest BCUT2D eigenvalue weighted by atomic mass is 10.2. The molecule has 1 aromatic heterocycles. The molecule has 0 aliphatic heterocycles. The van der Waals surface area contributed by atoms with E-state index in [0.717, 1.165) is 5.56 Å². The van der Waals surface area contributed by atoms with Crippen molar-refractivity contribution in [2.24, 2.45) is 0 Å². The van der Waals surface area contributed by atoms with E-state index < -0.39 is 5.97 Å². The van der Waals surface area contributed by atoms with Gasteiger partial charge in [0.1, 0.15) is 6.54 Å². The topological polar surface area (TPSA) is 59.5 Å². The second-order valence-electron chi connectivity index (χ2n) is 3.49. The van der Waals surface area contributed by atoms with Gasteiger partial charge >= 0.3 is 5.97 Å². The van der Waals surface area contributed by atoms with E-state index in [-0.39, 0.29) is 12.5 Å². The number of ether oxygens (including phenoxy) is 1. The number of pyridine rings is 1. The Labute approximate surface area is 94.0 Å². The molecule has 1 amide bonds. The average Bonchev–Trinajstić information content (AvgIpc) is 2.27. The predicted octanol–water partition coefficient (Wildman–Crippen LogP) is 0.635. The molecule has 0 bridgehead atoms. The first-order chi connectivity index (χ1) is 7.54. The number of nitrogens with zero attached hydrogens (tertiary/aromatic N) is 2. The minimum absolute atomic E-state index is 0.0662. The monoisotopic (exact) mass is 222 g/mol. The highest BCUT2D eigenvalue weighted by Crippen LogP contribution is 2.04. The molecule has 1 aromatic rings. The van der Waals surface area contributed by atoms with Crippen LogP contribution in [-0.4, -0.2) is 42.5 Å². The fourth-order valence-corrected chi connectivity index (χ4v) is 1.22. The maximum Gasteiger partial charge on any atom is 0.325 e. The van der Waals surface area contributed by atoms with Crippen molar-refractivity contribution in [3.05, 3.63) is 29.6 Å². The van der Waals surface area contributed by atoms with Crippen LogP contribution in [0.25, 0.3) is 0 Å². The molecule has 0 radical (unpaired) electrons. The molecule has 0 spiro atoms. The fraction of sp³-hybridized carbons (Fsp3) is 0.364. The number of likely N-dealkylation sites (N-methyl/N-ethyl adjacent to an activating group) is 1. The van der Waals surface area contributed by atoms with Crippen molar-refractivity contribution in [1.29, 1.82) is 0 Å². The van der Waals surface area contributed by atoms with Crippen LogP contribution < -0.4 is 0 Å². The molecule has 1 rings (SSSR count). The van der Waals surface area contributed by atoms with Crippen molar-refractivity contribution in [2.75, 3.05) is 20.7 Å². The van der Waals surface area contributed by atoms with E-state index >= 15 is 0 Å². The van der Waals surface area contributed by atoms with Gasteiger partial charge < -0.3 is 9.64 Å².